The fourth-order valence-corrected chi connectivity index (χ4v) is 2.97. The van der Waals surface area contributed by atoms with Gasteiger partial charge in [0.2, 0.25) is 0 Å². The molecule has 1 saturated carbocycles. The molecule has 4 heteroatoms. The molecule has 1 aliphatic rings. The van der Waals surface area contributed by atoms with E-state index in [-0.39, 0.29) is 0 Å². The molecule has 1 atom stereocenters. The van der Waals surface area contributed by atoms with Crippen LogP contribution >= 0.6 is 11.3 Å². The van der Waals surface area contributed by atoms with Gasteiger partial charge in [-0.05, 0) is 30.2 Å². The molecule has 0 amide bonds. The number of rotatable bonds is 5. The van der Waals surface area contributed by atoms with Crippen LogP contribution in [0.25, 0.3) is 10.2 Å². The van der Waals surface area contributed by atoms with Gasteiger partial charge in [0.05, 0.1) is 10.2 Å². The number of thiophene rings is 1. The Morgan fingerprint density at radius 1 is 1.47 bits per heavy atom. The standard InChI is InChI=1S/C13H17N3S/c1-2-10(7-9-3-4-9)16-13-12-11(5-6-17-12)14-8-15-13/h5-6,8-10H,2-4,7H2,1H3,(H,14,15,16). The van der Waals surface area contributed by atoms with Gasteiger partial charge in [0.15, 0.2) is 0 Å². The van der Waals surface area contributed by atoms with Crippen LogP contribution in [0.4, 0.5) is 5.82 Å². The van der Waals surface area contributed by atoms with E-state index in [1.54, 1.807) is 17.7 Å². The quantitative estimate of drug-likeness (QED) is 0.875. The Morgan fingerprint density at radius 3 is 3.12 bits per heavy atom. The van der Waals surface area contributed by atoms with Gasteiger partial charge in [-0.3, -0.25) is 0 Å². The molecular weight excluding hydrogens is 230 g/mol. The van der Waals surface area contributed by atoms with E-state index in [1.807, 2.05) is 0 Å². The van der Waals surface area contributed by atoms with E-state index in [0.717, 1.165) is 23.7 Å². The van der Waals surface area contributed by atoms with Crippen molar-refractivity contribution in [1.82, 2.24) is 9.97 Å². The maximum atomic E-state index is 4.38. The van der Waals surface area contributed by atoms with Gasteiger partial charge in [-0.1, -0.05) is 19.8 Å². The Labute approximate surface area is 105 Å². The Hall–Kier alpha value is -1.16. The number of nitrogens with one attached hydrogen (secondary N) is 1. The molecule has 3 nitrogen and oxygen atoms in total. The molecule has 0 aliphatic heterocycles. The summed E-state index contributed by atoms with van der Waals surface area (Å²) in [5, 5.41) is 5.66. The van der Waals surface area contributed by atoms with Crippen LogP contribution < -0.4 is 5.32 Å². The molecule has 0 spiro atoms. The van der Waals surface area contributed by atoms with Crippen molar-refractivity contribution in [2.24, 2.45) is 5.92 Å². The second-order valence-corrected chi connectivity index (χ2v) is 5.70. The van der Waals surface area contributed by atoms with E-state index in [9.17, 15) is 0 Å². The van der Waals surface area contributed by atoms with Crippen LogP contribution in [0.3, 0.4) is 0 Å². The predicted molar refractivity (Wildman–Crippen MR) is 72.5 cm³/mol. The van der Waals surface area contributed by atoms with Gasteiger partial charge in [-0.15, -0.1) is 11.3 Å². The topological polar surface area (TPSA) is 37.8 Å². The predicted octanol–water partition coefficient (Wildman–Crippen LogP) is 3.68. The molecule has 1 fully saturated rings. The van der Waals surface area contributed by atoms with E-state index in [0.29, 0.717) is 6.04 Å². The highest BCUT2D eigenvalue weighted by Gasteiger charge is 2.25. The first-order valence-electron chi connectivity index (χ1n) is 6.31. The van der Waals surface area contributed by atoms with E-state index in [2.05, 4.69) is 33.7 Å². The Balaban J connectivity index is 1.79. The monoisotopic (exact) mass is 247 g/mol. The molecule has 3 rings (SSSR count). The van der Waals surface area contributed by atoms with Gasteiger partial charge in [0, 0.05) is 6.04 Å². The van der Waals surface area contributed by atoms with Gasteiger partial charge in [0.1, 0.15) is 12.1 Å². The minimum absolute atomic E-state index is 0.558. The highest BCUT2D eigenvalue weighted by molar-refractivity contribution is 7.17. The first-order chi connectivity index (χ1) is 8.36. The highest BCUT2D eigenvalue weighted by atomic mass is 32.1. The maximum absolute atomic E-state index is 4.38. The van der Waals surface area contributed by atoms with E-state index >= 15 is 0 Å². The first kappa shape index (κ1) is 11.0. The van der Waals surface area contributed by atoms with Crippen molar-refractivity contribution in [3.8, 4) is 0 Å². The van der Waals surface area contributed by atoms with Crippen LogP contribution in [-0.4, -0.2) is 16.0 Å². The molecule has 17 heavy (non-hydrogen) atoms. The van der Waals surface area contributed by atoms with Crippen molar-refractivity contribution in [2.45, 2.75) is 38.6 Å². The molecule has 0 aromatic carbocycles. The van der Waals surface area contributed by atoms with Crippen molar-refractivity contribution in [2.75, 3.05) is 5.32 Å². The summed E-state index contributed by atoms with van der Waals surface area (Å²) >= 11 is 1.71. The Bertz CT molecular complexity index is 504. The minimum Gasteiger partial charge on any atom is -0.366 e. The fraction of sp³-hybridized carbons (Fsp3) is 0.538. The molecule has 1 N–H and O–H groups in total. The Morgan fingerprint density at radius 2 is 2.35 bits per heavy atom. The number of anilines is 1. The SMILES string of the molecule is CCC(CC1CC1)Nc1ncnc2ccsc12. The Kier molecular flexibility index (Phi) is 2.97. The first-order valence-corrected chi connectivity index (χ1v) is 7.19. The molecular formula is C13H17N3S. The molecule has 90 valence electrons. The number of nitrogens with zero attached hydrogens (tertiary/aromatic N) is 2. The van der Waals surface area contributed by atoms with E-state index < -0.39 is 0 Å². The highest BCUT2D eigenvalue weighted by Crippen LogP contribution is 2.35. The van der Waals surface area contributed by atoms with E-state index in [4.69, 9.17) is 0 Å². The molecule has 2 aromatic heterocycles. The molecule has 0 radical (unpaired) electrons. The number of fused-ring (bicyclic) bond motifs is 1. The van der Waals surface area contributed by atoms with Crippen LogP contribution in [-0.2, 0) is 0 Å². The molecule has 0 bridgehead atoms. The summed E-state index contributed by atoms with van der Waals surface area (Å²) in [5.41, 5.74) is 1.05. The van der Waals surface area contributed by atoms with Crippen molar-refractivity contribution in [1.29, 1.82) is 0 Å². The molecule has 0 saturated heterocycles. The fourth-order valence-electron chi connectivity index (χ4n) is 2.17. The second-order valence-electron chi connectivity index (χ2n) is 4.79. The molecule has 2 heterocycles. The van der Waals surface area contributed by atoms with E-state index in [1.165, 1.54) is 24.0 Å². The maximum Gasteiger partial charge on any atom is 0.147 e. The summed E-state index contributed by atoms with van der Waals surface area (Å²) in [6.45, 7) is 2.24. The summed E-state index contributed by atoms with van der Waals surface area (Å²) in [7, 11) is 0. The van der Waals surface area contributed by atoms with Gasteiger partial charge >= 0.3 is 0 Å². The van der Waals surface area contributed by atoms with Crippen LogP contribution in [0.1, 0.15) is 32.6 Å². The lowest BCUT2D eigenvalue weighted by Crippen LogP contribution is -2.19. The van der Waals surface area contributed by atoms with Crippen LogP contribution in [0.2, 0.25) is 0 Å². The van der Waals surface area contributed by atoms with Crippen LogP contribution in [0.5, 0.6) is 0 Å². The third kappa shape index (κ3) is 2.41. The third-order valence-electron chi connectivity index (χ3n) is 3.39. The molecule has 1 unspecified atom stereocenters. The number of aromatic nitrogens is 2. The second kappa shape index (κ2) is 4.61. The zero-order chi connectivity index (χ0) is 11.7. The lowest BCUT2D eigenvalue weighted by molar-refractivity contribution is 0.586. The van der Waals surface area contributed by atoms with Gasteiger partial charge < -0.3 is 5.32 Å². The molecule has 1 aliphatic carbocycles. The zero-order valence-electron chi connectivity index (χ0n) is 10.0. The van der Waals surface area contributed by atoms with Gasteiger partial charge in [-0.2, -0.15) is 0 Å². The summed E-state index contributed by atoms with van der Waals surface area (Å²) in [6.07, 6.45) is 6.93. The van der Waals surface area contributed by atoms with Crippen molar-refractivity contribution >= 4 is 27.4 Å². The van der Waals surface area contributed by atoms with Crippen LogP contribution in [0, 0.1) is 5.92 Å². The van der Waals surface area contributed by atoms with Gasteiger partial charge in [-0.25, -0.2) is 9.97 Å². The zero-order valence-corrected chi connectivity index (χ0v) is 10.8. The number of hydrogen-bond donors (Lipinski definition) is 1. The average molecular weight is 247 g/mol. The van der Waals surface area contributed by atoms with Crippen LogP contribution in [0.15, 0.2) is 17.8 Å². The lowest BCUT2D eigenvalue weighted by atomic mass is 10.1. The molecule has 2 aromatic rings. The third-order valence-corrected chi connectivity index (χ3v) is 4.30. The minimum atomic E-state index is 0.558. The normalized spacial score (nSPS) is 17.2. The average Bonchev–Trinajstić information content (AvgIpc) is 3.03. The summed E-state index contributed by atoms with van der Waals surface area (Å²) < 4.78 is 1.18. The lowest BCUT2D eigenvalue weighted by Gasteiger charge is -2.17. The summed E-state index contributed by atoms with van der Waals surface area (Å²) in [6, 6.07) is 2.61. The summed E-state index contributed by atoms with van der Waals surface area (Å²) in [4.78, 5) is 8.65. The van der Waals surface area contributed by atoms with Crippen molar-refractivity contribution < 1.29 is 0 Å². The number of hydrogen-bond acceptors (Lipinski definition) is 4. The van der Waals surface area contributed by atoms with Crippen molar-refractivity contribution in [3.63, 3.8) is 0 Å². The summed E-state index contributed by atoms with van der Waals surface area (Å²) in [5.74, 6) is 1.96. The van der Waals surface area contributed by atoms with Crippen molar-refractivity contribution in [3.05, 3.63) is 17.8 Å². The largest absolute Gasteiger partial charge is 0.366 e. The smallest absolute Gasteiger partial charge is 0.147 e. The van der Waals surface area contributed by atoms with Gasteiger partial charge in [0.25, 0.3) is 0 Å².